The monoisotopic (exact) mass is 252 g/mol. The number of nitrogen functional groups attached to an aromatic ring is 1. The topological polar surface area (TPSA) is 73.1 Å². The van der Waals surface area contributed by atoms with Gasteiger partial charge in [-0.05, 0) is 12.1 Å². The number of nitrogens with two attached hydrogens (primary N) is 1. The van der Waals surface area contributed by atoms with Gasteiger partial charge < -0.3 is 10.2 Å². The minimum Gasteiger partial charge on any atom is -0.484 e. The smallest absolute Gasteiger partial charge is 0.167 e. The van der Waals surface area contributed by atoms with Gasteiger partial charge in [-0.25, -0.2) is 19.6 Å². The Hall–Kier alpha value is -2.28. The standard InChI is InChI=1S/C11H10F2N4O/c12-7-1-2-10(9(13)3-7)18-6-8-4-16-11(17-14)5-15-8/h1-5H,6,14H2,(H,16,17). The molecule has 18 heavy (non-hydrogen) atoms. The average molecular weight is 252 g/mol. The van der Waals surface area contributed by atoms with E-state index in [4.69, 9.17) is 10.6 Å². The zero-order valence-electron chi connectivity index (χ0n) is 9.23. The Labute approximate surface area is 102 Å². The van der Waals surface area contributed by atoms with Gasteiger partial charge in [-0.15, -0.1) is 0 Å². The number of hydrazine groups is 1. The first-order valence-corrected chi connectivity index (χ1v) is 5.04. The number of rotatable bonds is 4. The zero-order chi connectivity index (χ0) is 13.0. The third kappa shape index (κ3) is 2.89. The van der Waals surface area contributed by atoms with Crippen LogP contribution in [0.15, 0.2) is 30.6 Å². The zero-order valence-corrected chi connectivity index (χ0v) is 9.23. The number of ether oxygens (including phenoxy) is 1. The van der Waals surface area contributed by atoms with Gasteiger partial charge in [0.1, 0.15) is 12.4 Å². The first kappa shape index (κ1) is 12.2. The van der Waals surface area contributed by atoms with Crippen LogP contribution in [0.5, 0.6) is 5.75 Å². The second kappa shape index (κ2) is 5.37. The van der Waals surface area contributed by atoms with Crippen molar-refractivity contribution in [3.63, 3.8) is 0 Å². The molecule has 94 valence electrons. The van der Waals surface area contributed by atoms with Gasteiger partial charge in [0.15, 0.2) is 17.4 Å². The molecule has 0 aliphatic carbocycles. The van der Waals surface area contributed by atoms with Crippen LogP contribution in [-0.4, -0.2) is 9.97 Å². The van der Waals surface area contributed by atoms with Crippen molar-refractivity contribution >= 4 is 5.82 Å². The third-order valence-corrected chi connectivity index (χ3v) is 2.12. The van der Waals surface area contributed by atoms with Crippen molar-refractivity contribution in [2.24, 2.45) is 5.84 Å². The number of benzene rings is 1. The van der Waals surface area contributed by atoms with Gasteiger partial charge in [0, 0.05) is 6.07 Å². The Morgan fingerprint density at radius 1 is 1.22 bits per heavy atom. The molecule has 5 nitrogen and oxygen atoms in total. The number of nitrogens with one attached hydrogen (secondary N) is 1. The molecule has 0 amide bonds. The van der Waals surface area contributed by atoms with E-state index < -0.39 is 11.6 Å². The van der Waals surface area contributed by atoms with Crippen molar-refractivity contribution in [2.45, 2.75) is 6.61 Å². The van der Waals surface area contributed by atoms with Gasteiger partial charge in [0.25, 0.3) is 0 Å². The Balaban J connectivity index is 2.02. The van der Waals surface area contributed by atoms with Crippen LogP contribution in [0.25, 0.3) is 0 Å². The van der Waals surface area contributed by atoms with Crippen LogP contribution >= 0.6 is 0 Å². The third-order valence-electron chi connectivity index (χ3n) is 2.12. The van der Waals surface area contributed by atoms with Crippen molar-refractivity contribution in [3.8, 4) is 5.75 Å². The molecule has 3 N–H and O–H groups in total. The van der Waals surface area contributed by atoms with Gasteiger partial charge in [-0.2, -0.15) is 0 Å². The molecule has 0 atom stereocenters. The summed E-state index contributed by atoms with van der Waals surface area (Å²) in [5.74, 6) is 4.08. The molecule has 2 rings (SSSR count). The number of hydrogen-bond donors (Lipinski definition) is 2. The normalized spacial score (nSPS) is 10.2. The van der Waals surface area contributed by atoms with Crippen LogP contribution in [0.2, 0.25) is 0 Å². The number of aromatic nitrogens is 2. The fourth-order valence-electron chi connectivity index (χ4n) is 1.25. The lowest BCUT2D eigenvalue weighted by molar-refractivity contribution is 0.284. The quantitative estimate of drug-likeness (QED) is 0.639. The summed E-state index contributed by atoms with van der Waals surface area (Å²) in [5.41, 5.74) is 2.83. The van der Waals surface area contributed by atoms with E-state index in [9.17, 15) is 8.78 Å². The van der Waals surface area contributed by atoms with Crippen molar-refractivity contribution in [1.82, 2.24) is 9.97 Å². The lowest BCUT2D eigenvalue weighted by Crippen LogP contribution is -2.09. The predicted molar refractivity (Wildman–Crippen MR) is 60.5 cm³/mol. The maximum absolute atomic E-state index is 13.2. The maximum Gasteiger partial charge on any atom is 0.167 e. The highest BCUT2D eigenvalue weighted by molar-refractivity contribution is 5.29. The molecule has 0 spiro atoms. The molecule has 0 saturated heterocycles. The summed E-state index contributed by atoms with van der Waals surface area (Å²) in [7, 11) is 0. The van der Waals surface area contributed by atoms with E-state index in [0.717, 1.165) is 12.1 Å². The Morgan fingerprint density at radius 3 is 2.67 bits per heavy atom. The summed E-state index contributed by atoms with van der Waals surface area (Å²) >= 11 is 0. The summed E-state index contributed by atoms with van der Waals surface area (Å²) in [6.07, 6.45) is 2.86. The summed E-state index contributed by atoms with van der Waals surface area (Å²) in [6, 6.07) is 3.09. The Morgan fingerprint density at radius 2 is 2.06 bits per heavy atom. The summed E-state index contributed by atoms with van der Waals surface area (Å²) in [5, 5.41) is 0. The van der Waals surface area contributed by atoms with E-state index in [1.165, 1.54) is 18.5 Å². The van der Waals surface area contributed by atoms with Crippen molar-refractivity contribution in [3.05, 3.63) is 47.9 Å². The van der Waals surface area contributed by atoms with E-state index in [2.05, 4.69) is 15.4 Å². The first-order valence-electron chi connectivity index (χ1n) is 5.04. The molecule has 1 aromatic heterocycles. The number of anilines is 1. The average Bonchev–Trinajstić information content (AvgIpc) is 2.38. The SMILES string of the molecule is NNc1cnc(COc2ccc(F)cc2F)cn1. The molecule has 0 fully saturated rings. The van der Waals surface area contributed by atoms with E-state index in [-0.39, 0.29) is 12.4 Å². The van der Waals surface area contributed by atoms with Crippen LogP contribution in [0.1, 0.15) is 5.69 Å². The van der Waals surface area contributed by atoms with Gasteiger partial charge in [-0.1, -0.05) is 0 Å². The molecule has 2 aromatic rings. The van der Waals surface area contributed by atoms with Gasteiger partial charge in [-0.3, -0.25) is 4.98 Å². The summed E-state index contributed by atoms with van der Waals surface area (Å²) < 4.78 is 31.1. The van der Waals surface area contributed by atoms with E-state index in [1.807, 2.05) is 0 Å². The van der Waals surface area contributed by atoms with Crippen LogP contribution in [0.4, 0.5) is 14.6 Å². The van der Waals surface area contributed by atoms with Crippen LogP contribution in [0.3, 0.4) is 0 Å². The molecular weight excluding hydrogens is 242 g/mol. The van der Waals surface area contributed by atoms with Gasteiger partial charge in [0.2, 0.25) is 0 Å². The van der Waals surface area contributed by atoms with Crippen molar-refractivity contribution in [1.29, 1.82) is 0 Å². The first-order chi connectivity index (χ1) is 8.69. The Kier molecular flexibility index (Phi) is 3.63. The minimum absolute atomic E-state index is 0.0282. The number of hydrogen-bond acceptors (Lipinski definition) is 5. The molecule has 1 heterocycles. The van der Waals surface area contributed by atoms with Crippen molar-refractivity contribution < 1.29 is 13.5 Å². The predicted octanol–water partition coefficient (Wildman–Crippen LogP) is 1.62. The van der Waals surface area contributed by atoms with Crippen LogP contribution in [-0.2, 0) is 6.61 Å². The highest BCUT2D eigenvalue weighted by atomic mass is 19.1. The van der Waals surface area contributed by atoms with E-state index in [1.54, 1.807) is 0 Å². The summed E-state index contributed by atoms with van der Waals surface area (Å²) in [4.78, 5) is 7.90. The second-order valence-electron chi connectivity index (χ2n) is 3.40. The lowest BCUT2D eigenvalue weighted by Gasteiger charge is -2.06. The molecule has 0 bridgehead atoms. The lowest BCUT2D eigenvalue weighted by atomic mass is 10.3. The Bertz CT molecular complexity index is 533. The fourth-order valence-corrected chi connectivity index (χ4v) is 1.25. The fraction of sp³-hybridized carbons (Fsp3) is 0.0909. The van der Waals surface area contributed by atoms with Gasteiger partial charge in [0.05, 0.1) is 18.1 Å². The minimum atomic E-state index is -0.761. The molecule has 0 unspecified atom stereocenters. The molecule has 0 saturated carbocycles. The van der Waals surface area contributed by atoms with Crippen LogP contribution < -0.4 is 16.0 Å². The molecule has 0 aliphatic heterocycles. The summed E-state index contributed by atoms with van der Waals surface area (Å²) in [6.45, 7) is 0.0282. The van der Waals surface area contributed by atoms with E-state index >= 15 is 0 Å². The molecule has 1 aromatic carbocycles. The number of nitrogens with zero attached hydrogens (tertiary/aromatic N) is 2. The second-order valence-corrected chi connectivity index (χ2v) is 3.40. The molecule has 7 heteroatoms. The highest BCUT2D eigenvalue weighted by Gasteiger charge is 2.05. The largest absolute Gasteiger partial charge is 0.484 e. The van der Waals surface area contributed by atoms with Gasteiger partial charge >= 0.3 is 0 Å². The van der Waals surface area contributed by atoms with E-state index in [0.29, 0.717) is 11.5 Å². The number of halogens is 2. The molecule has 0 radical (unpaired) electrons. The molecule has 0 aliphatic rings. The highest BCUT2D eigenvalue weighted by Crippen LogP contribution is 2.18. The van der Waals surface area contributed by atoms with Crippen molar-refractivity contribution in [2.75, 3.05) is 5.43 Å². The molecular formula is C11H10F2N4O. The van der Waals surface area contributed by atoms with Crippen LogP contribution in [0, 0.1) is 11.6 Å². The maximum atomic E-state index is 13.2.